The monoisotopic (exact) mass is 484 g/mol. The lowest BCUT2D eigenvalue weighted by molar-refractivity contribution is -0.112. The van der Waals surface area contributed by atoms with Gasteiger partial charge >= 0.3 is 0 Å². The molecule has 3 aromatic rings. The largest absolute Gasteiger partial charge is 0.490 e. The van der Waals surface area contributed by atoms with Crippen LogP contribution < -0.4 is 14.8 Å². The van der Waals surface area contributed by atoms with Crippen molar-refractivity contribution in [2.45, 2.75) is 13.5 Å². The first-order valence-electron chi connectivity index (χ1n) is 9.92. The van der Waals surface area contributed by atoms with Crippen LogP contribution in [0.25, 0.3) is 6.08 Å². The number of halogens is 3. The molecule has 168 valence electrons. The van der Waals surface area contributed by atoms with Crippen LogP contribution in [0.1, 0.15) is 18.1 Å². The number of amides is 1. The number of ether oxygens (including phenoxy) is 2. The molecular formula is C25H19Cl2FN2O3. The molecule has 0 saturated heterocycles. The molecule has 0 aliphatic rings. The lowest BCUT2D eigenvalue weighted by Gasteiger charge is -2.15. The number of hydrogen-bond donors (Lipinski definition) is 1. The summed E-state index contributed by atoms with van der Waals surface area (Å²) in [5.41, 5.74) is 1.33. The Morgan fingerprint density at radius 2 is 1.88 bits per heavy atom. The highest BCUT2D eigenvalue weighted by atomic mass is 35.5. The molecule has 3 rings (SSSR count). The summed E-state index contributed by atoms with van der Waals surface area (Å²) in [6, 6.07) is 17.8. The van der Waals surface area contributed by atoms with E-state index in [1.807, 2.05) is 6.07 Å². The molecule has 5 nitrogen and oxygen atoms in total. The summed E-state index contributed by atoms with van der Waals surface area (Å²) in [5.74, 6) is -0.381. The molecular weight excluding hydrogens is 466 g/mol. The molecule has 33 heavy (non-hydrogen) atoms. The van der Waals surface area contributed by atoms with Crippen LogP contribution >= 0.6 is 23.2 Å². The Labute approximate surface area is 201 Å². The van der Waals surface area contributed by atoms with Crippen LogP contribution in [0.2, 0.25) is 10.0 Å². The van der Waals surface area contributed by atoms with Crippen molar-refractivity contribution in [3.05, 3.63) is 93.2 Å². The number of nitrogens with one attached hydrogen (secondary N) is 1. The molecule has 0 atom stereocenters. The van der Waals surface area contributed by atoms with Gasteiger partial charge in [-0.05, 0) is 60.5 Å². The number of hydrogen-bond acceptors (Lipinski definition) is 4. The van der Waals surface area contributed by atoms with Gasteiger partial charge in [0.25, 0.3) is 5.91 Å². The number of rotatable bonds is 8. The highest BCUT2D eigenvalue weighted by Gasteiger charge is 2.15. The van der Waals surface area contributed by atoms with E-state index in [1.165, 1.54) is 18.2 Å². The lowest BCUT2D eigenvalue weighted by Crippen LogP contribution is -2.13. The molecule has 1 amide bonds. The van der Waals surface area contributed by atoms with E-state index in [0.717, 1.165) is 0 Å². The summed E-state index contributed by atoms with van der Waals surface area (Å²) in [6.07, 6.45) is 1.39. The summed E-state index contributed by atoms with van der Waals surface area (Å²) in [6.45, 7) is 2.21. The minimum absolute atomic E-state index is 0.0798. The smallest absolute Gasteiger partial charge is 0.266 e. The second kappa shape index (κ2) is 11.4. The summed E-state index contributed by atoms with van der Waals surface area (Å²) < 4.78 is 24.9. The summed E-state index contributed by atoms with van der Waals surface area (Å²) in [4.78, 5) is 12.6. The normalized spacial score (nSPS) is 10.9. The molecule has 0 bridgehead atoms. The van der Waals surface area contributed by atoms with E-state index in [0.29, 0.717) is 34.2 Å². The molecule has 0 spiro atoms. The third-order valence-electron chi connectivity index (χ3n) is 4.40. The second-order valence-corrected chi connectivity index (χ2v) is 7.60. The summed E-state index contributed by atoms with van der Waals surface area (Å²) >= 11 is 12.5. The maximum atomic E-state index is 13.4. The minimum Gasteiger partial charge on any atom is -0.490 e. The summed E-state index contributed by atoms with van der Waals surface area (Å²) in [7, 11) is 0. The Bertz CT molecular complexity index is 1240. The van der Waals surface area contributed by atoms with Gasteiger partial charge in [0.2, 0.25) is 0 Å². The van der Waals surface area contributed by atoms with Gasteiger partial charge in [-0.25, -0.2) is 4.39 Å². The number of para-hydroxylation sites is 1. The van der Waals surface area contributed by atoms with Gasteiger partial charge in [0.05, 0.1) is 22.3 Å². The topological polar surface area (TPSA) is 71.3 Å². The number of carbonyl (C=O) groups is 1. The van der Waals surface area contributed by atoms with Crippen molar-refractivity contribution in [2.75, 3.05) is 11.9 Å². The van der Waals surface area contributed by atoms with E-state index in [2.05, 4.69) is 5.32 Å². The fourth-order valence-electron chi connectivity index (χ4n) is 2.92. The molecule has 0 unspecified atom stereocenters. The van der Waals surface area contributed by atoms with Gasteiger partial charge < -0.3 is 14.8 Å². The van der Waals surface area contributed by atoms with Crippen molar-refractivity contribution in [1.82, 2.24) is 0 Å². The van der Waals surface area contributed by atoms with Crippen molar-refractivity contribution in [3.8, 4) is 17.6 Å². The average molecular weight is 485 g/mol. The molecule has 1 N–H and O–H groups in total. The number of nitrogens with zero attached hydrogens (tertiary/aromatic N) is 1. The van der Waals surface area contributed by atoms with Gasteiger partial charge in [0.1, 0.15) is 24.1 Å². The van der Waals surface area contributed by atoms with E-state index in [4.69, 9.17) is 32.7 Å². The van der Waals surface area contributed by atoms with Crippen LogP contribution in [0.15, 0.2) is 66.2 Å². The first-order valence-corrected chi connectivity index (χ1v) is 10.7. The second-order valence-electron chi connectivity index (χ2n) is 6.79. The molecule has 0 aliphatic carbocycles. The molecule has 0 heterocycles. The minimum atomic E-state index is -0.619. The Balaban J connectivity index is 1.86. The fourth-order valence-corrected chi connectivity index (χ4v) is 3.38. The van der Waals surface area contributed by atoms with Crippen molar-refractivity contribution in [3.63, 3.8) is 0 Å². The van der Waals surface area contributed by atoms with Gasteiger partial charge in [0.15, 0.2) is 11.5 Å². The van der Waals surface area contributed by atoms with Gasteiger partial charge in [-0.15, -0.1) is 0 Å². The van der Waals surface area contributed by atoms with Crippen LogP contribution in [0.4, 0.5) is 10.1 Å². The van der Waals surface area contributed by atoms with Crippen LogP contribution in [0.3, 0.4) is 0 Å². The summed E-state index contributed by atoms with van der Waals surface area (Å²) in [5, 5.41) is 12.7. The third kappa shape index (κ3) is 6.48. The zero-order chi connectivity index (χ0) is 23.8. The van der Waals surface area contributed by atoms with E-state index in [9.17, 15) is 14.4 Å². The van der Waals surface area contributed by atoms with E-state index >= 15 is 0 Å². The number of benzene rings is 3. The highest BCUT2D eigenvalue weighted by molar-refractivity contribution is 6.34. The number of anilines is 1. The number of carbonyl (C=O) groups excluding carboxylic acids is 1. The van der Waals surface area contributed by atoms with Gasteiger partial charge in [0, 0.05) is 0 Å². The van der Waals surface area contributed by atoms with Crippen LogP contribution in [-0.4, -0.2) is 12.5 Å². The van der Waals surface area contributed by atoms with E-state index < -0.39 is 5.91 Å². The van der Waals surface area contributed by atoms with Crippen LogP contribution in [-0.2, 0) is 11.4 Å². The molecule has 0 aliphatic heterocycles. The van der Waals surface area contributed by atoms with Crippen molar-refractivity contribution < 1.29 is 18.7 Å². The Morgan fingerprint density at radius 3 is 2.58 bits per heavy atom. The predicted molar refractivity (Wildman–Crippen MR) is 127 cm³/mol. The van der Waals surface area contributed by atoms with Gasteiger partial charge in [-0.1, -0.05) is 47.5 Å². The Morgan fingerprint density at radius 1 is 1.09 bits per heavy atom. The van der Waals surface area contributed by atoms with E-state index in [-0.39, 0.29) is 28.8 Å². The molecule has 0 aromatic heterocycles. The van der Waals surface area contributed by atoms with E-state index in [1.54, 1.807) is 55.5 Å². The Kier molecular flexibility index (Phi) is 8.31. The fraction of sp³-hybridized carbons (Fsp3) is 0.120. The number of nitriles is 1. The van der Waals surface area contributed by atoms with Crippen molar-refractivity contribution >= 4 is 40.9 Å². The van der Waals surface area contributed by atoms with Crippen molar-refractivity contribution in [2.24, 2.45) is 0 Å². The standard InChI is InChI=1S/C25H19Cl2FN2O3/c1-2-32-23-13-17(10-18(14-29)25(31)30-22-9-4-3-8-20(22)26)12-21(27)24(23)33-15-16-6-5-7-19(28)11-16/h3-13H,2,15H2,1H3,(H,30,31)/b18-10+. The third-order valence-corrected chi connectivity index (χ3v) is 5.01. The average Bonchev–Trinajstić information content (AvgIpc) is 2.78. The quantitative estimate of drug-likeness (QED) is 0.286. The molecule has 3 aromatic carbocycles. The maximum absolute atomic E-state index is 13.4. The maximum Gasteiger partial charge on any atom is 0.266 e. The highest BCUT2D eigenvalue weighted by Crippen LogP contribution is 2.38. The van der Waals surface area contributed by atoms with Crippen LogP contribution in [0, 0.1) is 17.1 Å². The van der Waals surface area contributed by atoms with Gasteiger partial charge in [-0.2, -0.15) is 5.26 Å². The van der Waals surface area contributed by atoms with Crippen LogP contribution in [0.5, 0.6) is 11.5 Å². The first-order chi connectivity index (χ1) is 15.9. The molecule has 8 heteroatoms. The van der Waals surface area contributed by atoms with Crippen molar-refractivity contribution in [1.29, 1.82) is 5.26 Å². The first kappa shape index (κ1) is 24.1. The molecule has 0 radical (unpaired) electrons. The van der Waals surface area contributed by atoms with Gasteiger partial charge in [-0.3, -0.25) is 4.79 Å². The zero-order valence-electron chi connectivity index (χ0n) is 17.6. The molecule has 0 fully saturated rings. The predicted octanol–water partition coefficient (Wildman–Crippen LogP) is 6.66. The SMILES string of the molecule is CCOc1cc(/C=C(\C#N)C(=O)Nc2ccccc2Cl)cc(Cl)c1OCc1cccc(F)c1. The zero-order valence-corrected chi connectivity index (χ0v) is 19.1. The lowest BCUT2D eigenvalue weighted by atomic mass is 10.1. The Hall–Kier alpha value is -3.53. The molecule has 0 saturated carbocycles.